The molecule has 0 fully saturated rings. The second-order valence-corrected chi connectivity index (χ2v) is 5.70. The molecule has 2 atom stereocenters. The first kappa shape index (κ1) is 13.7. The quantitative estimate of drug-likeness (QED) is 0.827. The van der Waals surface area contributed by atoms with E-state index in [-0.39, 0.29) is 6.04 Å². The lowest BCUT2D eigenvalue weighted by Gasteiger charge is -2.32. The topological polar surface area (TPSA) is 29.3 Å². The number of nitrogens with two attached hydrogens (primary N) is 1. The largest absolute Gasteiger partial charge is 0.326 e. The van der Waals surface area contributed by atoms with Crippen molar-refractivity contribution in [2.45, 2.75) is 46.2 Å². The minimum absolute atomic E-state index is 0.185. The number of rotatable bonds is 6. The van der Waals surface area contributed by atoms with Crippen molar-refractivity contribution in [3.63, 3.8) is 0 Å². The van der Waals surface area contributed by atoms with Gasteiger partial charge in [0.05, 0.1) is 6.04 Å². The third-order valence-electron chi connectivity index (χ3n) is 2.86. The molecule has 0 spiro atoms. The average molecular weight is 240 g/mol. The van der Waals surface area contributed by atoms with Gasteiger partial charge in [-0.25, -0.2) is 0 Å². The molecule has 2 N–H and O–H groups in total. The monoisotopic (exact) mass is 240 g/mol. The van der Waals surface area contributed by atoms with Gasteiger partial charge in [0.2, 0.25) is 0 Å². The van der Waals surface area contributed by atoms with Crippen LogP contribution in [-0.4, -0.2) is 24.0 Å². The molecule has 1 rings (SSSR count). The lowest BCUT2D eigenvalue weighted by atomic mass is 10.1. The number of hydrogen-bond donors (Lipinski definition) is 1. The second-order valence-electron chi connectivity index (χ2n) is 4.38. The first-order valence-electron chi connectivity index (χ1n) is 6.16. The Labute approximate surface area is 103 Å². The van der Waals surface area contributed by atoms with E-state index in [0.29, 0.717) is 6.04 Å². The van der Waals surface area contributed by atoms with Crippen molar-refractivity contribution in [3.05, 3.63) is 21.9 Å². The van der Waals surface area contributed by atoms with Gasteiger partial charge in [0.25, 0.3) is 0 Å². The van der Waals surface area contributed by atoms with Gasteiger partial charge < -0.3 is 5.73 Å². The lowest BCUT2D eigenvalue weighted by Crippen LogP contribution is -2.39. The van der Waals surface area contributed by atoms with Gasteiger partial charge in [-0.15, -0.1) is 11.3 Å². The molecule has 0 amide bonds. The zero-order chi connectivity index (χ0) is 12.1. The lowest BCUT2D eigenvalue weighted by molar-refractivity contribution is 0.189. The Morgan fingerprint density at radius 1 is 1.38 bits per heavy atom. The summed E-state index contributed by atoms with van der Waals surface area (Å²) in [6.45, 7) is 10.9. The van der Waals surface area contributed by atoms with Crippen LogP contribution in [0.5, 0.6) is 0 Å². The maximum absolute atomic E-state index is 6.15. The van der Waals surface area contributed by atoms with E-state index in [1.54, 1.807) is 0 Å². The summed E-state index contributed by atoms with van der Waals surface area (Å²) in [5.41, 5.74) is 6.15. The minimum Gasteiger partial charge on any atom is -0.326 e. The Kier molecular flexibility index (Phi) is 5.46. The molecule has 1 aromatic heterocycles. The molecule has 0 aromatic carbocycles. The Morgan fingerprint density at radius 2 is 2.06 bits per heavy atom. The Hall–Kier alpha value is -0.380. The van der Waals surface area contributed by atoms with E-state index >= 15 is 0 Å². The molecule has 92 valence electrons. The van der Waals surface area contributed by atoms with Gasteiger partial charge in [-0.1, -0.05) is 13.8 Å². The molecule has 0 saturated carbocycles. The zero-order valence-corrected chi connectivity index (χ0v) is 11.7. The first-order chi connectivity index (χ1) is 7.60. The molecule has 0 aliphatic carbocycles. The highest BCUT2D eigenvalue weighted by molar-refractivity contribution is 7.12. The summed E-state index contributed by atoms with van der Waals surface area (Å²) >= 11 is 1.87. The summed E-state index contributed by atoms with van der Waals surface area (Å²) in [7, 11) is 0. The summed E-state index contributed by atoms with van der Waals surface area (Å²) in [5, 5.41) is 0. The Balaban J connectivity index is 2.89. The van der Waals surface area contributed by atoms with Crippen LogP contribution >= 0.6 is 11.3 Å². The first-order valence-corrected chi connectivity index (χ1v) is 6.97. The van der Waals surface area contributed by atoms with Gasteiger partial charge in [0, 0.05) is 15.8 Å². The van der Waals surface area contributed by atoms with Gasteiger partial charge in [-0.2, -0.15) is 0 Å². The molecule has 1 aromatic rings. The van der Waals surface area contributed by atoms with Crippen molar-refractivity contribution in [3.8, 4) is 0 Å². The number of likely N-dealkylation sites (N-methyl/N-ethyl adjacent to an activating group) is 1. The molecular weight excluding hydrogens is 216 g/mol. The van der Waals surface area contributed by atoms with Crippen LogP contribution in [0.15, 0.2) is 12.1 Å². The summed E-state index contributed by atoms with van der Waals surface area (Å²) in [4.78, 5) is 5.26. The van der Waals surface area contributed by atoms with Crippen LogP contribution in [0.4, 0.5) is 0 Å². The third kappa shape index (κ3) is 3.30. The molecule has 2 unspecified atom stereocenters. The molecule has 3 heteroatoms. The maximum Gasteiger partial charge on any atom is 0.0590 e. The fourth-order valence-corrected chi connectivity index (χ4v) is 3.29. The van der Waals surface area contributed by atoms with E-state index in [2.05, 4.69) is 44.7 Å². The number of thiophene rings is 1. The van der Waals surface area contributed by atoms with Crippen LogP contribution in [-0.2, 0) is 0 Å². The van der Waals surface area contributed by atoms with E-state index in [1.165, 1.54) is 16.2 Å². The van der Waals surface area contributed by atoms with Gasteiger partial charge in [-0.05, 0) is 45.5 Å². The van der Waals surface area contributed by atoms with Crippen molar-refractivity contribution in [1.82, 2.24) is 4.90 Å². The Morgan fingerprint density at radius 3 is 2.44 bits per heavy atom. The zero-order valence-electron chi connectivity index (χ0n) is 10.9. The molecule has 2 nitrogen and oxygen atoms in total. The molecule has 0 bridgehead atoms. The van der Waals surface area contributed by atoms with Gasteiger partial charge in [0.1, 0.15) is 0 Å². The van der Waals surface area contributed by atoms with Crippen LogP contribution in [0.3, 0.4) is 0 Å². The summed E-state index contributed by atoms with van der Waals surface area (Å²) in [6.07, 6.45) is 1.18. The van der Waals surface area contributed by atoms with Gasteiger partial charge in [0.15, 0.2) is 0 Å². The SMILES string of the molecule is CCCN(CC)C(c1ccc(C)s1)C(C)N. The summed E-state index contributed by atoms with van der Waals surface area (Å²) in [6, 6.07) is 4.98. The van der Waals surface area contributed by atoms with Crippen molar-refractivity contribution in [2.24, 2.45) is 5.73 Å². The van der Waals surface area contributed by atoms with Crippen LogP contribution in [0, 0.1) is 6.92 Å². The maximum atomic E-state index is 6.15. The van der Waals surface area contributed by atoms with Gasteiger partial charge >= 0.3 is 0 Å². The summed E-state index contributed by atoms with van der Waals surface area (Å²) < 4.78 is 0. The van der Waals surface area contributed by atoms with E-state index in [1.807, 2.05) is 11.3 Å². The van der Waals surface area contributed by atoms with Crippen molar-refractivity contribution in [2.75, 3.05) is 13.1 Å². The predicted octanol–water partition coefficient (Wildman–Crippen LogP) is 3.18. The van der Waals surface area contributed by atoms with Crippen molar-refractivity contribution >= 4 is 11.3 Å². The van der Waals surface area contributed by atoms with E-state index in [9.17, 15) is 0 Å². The Bertz CT molecular complexity index is 307. The van der Waals surface area contributed by atoms with Crippen LogP contribution < -0.4 is 5.73 Å². The van der Waals surface area contributed by atoms with Crippen molar-refractivity contribution < 1.29 is 0 Å². The fourth-order valence-electron chi connectivity index (χ4n) is 2.17. The van der Waals surface area contributed by atoms with Crippen LogP contribution in [0.1, 0.15) is 43.0 Å². The summed E-state index contributed by atoms with van der Waals surface area (Å²) in [5.74, 6) is 0. The molecule has 0 aliphatic rings. The second kappa shape index (κ2) is 6.38. The highest BCUT2D eigenvalue weighted by Gasteiger charge is 2.23. The fraction of sp³-hybridized carbons (Fsp3) is 0.692. The smallest absolute Gasteiger partial charge is 0.0590 e. The van der Waals surface area contributed by atoms with E-state index in [0.717, 1.165) is 13.1 Å². The van der Waals surface area contributed by atoms with E-state index in [4.69, 9.17) is 5.73 Å². The highest BCUT2D eigenvalue weighted by atomic mass is 32.1. The standard InChI is InChI=1S/C13H24N2S/c1-5-9-15(6-2)13(11(4)14)12-8-7-10(3)16-12/h7-8,11,13H,5-6,9,14H2,1-4H3. The normalized spacial score (nSPS) is 15.4. The highest BCUT2D eigenvalue weighted by Crippen LogP contribution is 2.29. The molecular formula is C13H24N2S. The molecule has 0 saturated heterocycles. The molecule has 16 heavy (non-hydrogen) atoms. The molecule has 0 aliphatic heterocycles. The van der Waals surface area contributed by atoms with Crippen LogP contribution in [0.2, 0.25) is 0 Å². The minimum atomic E-state index is 0.185. The van der Waals surface area contributed by atoms with Crippen LogP contribution in [0.25, 0.3) is 0 Å². The predicted molar refractivity (Wildman–Crippen MR) is 73.0 cm³/mol. The number of hydrogen-bond acceptors (Lipinski definition) is 3. The third-order valence-corrected chi connectivity index (χ3v) is 3.93. The molecule has 1 heterocycles. The number of nitrogens with zero attached hydrogens (tertiary/aromatic N) is 1. The van der Waals surface area contributed by atoms with Crippen molar-refractivity contribution in [1.29, 1.82) is 0 Å². The van der Waals surface area contributed by atoms with E-state index < -0.39 is 0 Å². The van der Waals surface area contributed by atoms with Gasteiger partial charge in [-0.3, -0.25) is 4.90 Å². The number of aryl methyl sites for hydroxylation is 1. The average Bonchev–Trinajstić information content (AvgIpc) is 2.63. The molecule has 0 radical (unpaired) electrons.